The van der Waals surface area contributed by atoms with Gasteiger partial charge in [0.15, 0.2) is 0 Å². The quantitative estimate of drug-likeness (QED) is 0.429. The van der Waals surface area contributed by atoms with Crippen LogP contribution in [0, 0.1) is 5.92 Å². The summed E-state index contributed by atoms with van der Waals surface area (Å²) in [5, 5.41) is 7.24. The summed E-state index contributed by atoms with van der Waals surface area (Å²) in [6, 6.07) is 11.4. The molecule has 0 aliphatic heterocycles. The average Bonchev–Trinajstić information content (AvgIpc) is 3.29. The van der Waals surface area contributed by atoms with Gasteiger partial charge in [-0.05, 0) is 52.9 Å². The number of halogens is 1. The Kier molecular flexibility index (Phi) is 4.49. The first-order valence-corrected chi connectivity index (χ1v) is 10.8. The Bertz CT molecular complexity index is 1150. The van der Waals surface area contributed by atoms with Gasteiger partial charge in [0.1, 0.15) is 10.7 Å². The molecule has 1 aliphatic carbocycles. The predicted molar refractivity (Wildman–Crippen MR) is 114 cm³/mol. The molecule has 3 heterocycles. The van der Waals surface area contributed by atoms with Gasteiger partial charge in [0.2, 0.25) is 0 Å². The van der Waals surface area contributed by atoms with Crippen LogP contribution in [0.2, 0.25) is 0 Å². The maximum Gasteiger partial charge on any atom is 0.251 e. The molecule has 140 valence electrons. The zero-order chi connectivity index (χ0) is 19.1. The van der Waals surface area contributed by atoms with Gasteiger partial charge in [0, 0.05) is 38.8 Å². The molecule has 1 unspecified atom stereocenters. The largest absolute Gasteiger partial charge is 0.345 e. The average molecular weight is 453 g/mol. The summed E-state index contributed by atoms with van der Waals surface area (Å²) in [5.41, 5.74) is 3.45. The third-order valence-corrected chi connectivity index (χ3v) is 6.34. The summed E-state index contributed by atoms with van der Waals surface area (Å²) >= 11 is 5.09. The monoisotopic (exact) mass is 452 g/mol. The number of benzene rings is 1. The van der Waals surface area contributed by atoms with Crippen LogP contribution in [-0.2, 0) is 0 Å². The summed E-state index contributed by atoms with van der Waals surface area (Å²) in [5.74, 6) is 0.417. The van der Waals surface area contributed by atoms with E-state index in [0.717, 1.165) is 44.6 Å². The zero-order valence-corrected chi connectivity index (χ0v) is 17.3. The van der Waals surface area contributed by atoms with Crippen LogP contribution in [0.4, 0.5) is 0 Å². The van der Waals surface area contributed by atoms with Gasteiger partial charge in [0.25, 0.3) is 5.91 Å². The van der Waals surface area contributed by atoms with E-state index in [1.807, 2.05) is 42.6 Å². The number of carbonyl (C=O) groups is 1. The number of carbonyl (C=O) groups excluding carboxylic acids is 1. The van der Waals surface area contributed by atoms with Crippen LogP contribution in [0.5, 0.6) is 0 Å². The number of thiazole rings is 1. The lowest BCUT2D eigenvalue weighted by atomic mass is 10.1. The van der Waals surface area contributed by atoms with Crippen molar-refractivity contribution in [1.29, 1.82) is 0 Å². The van der Waals surface area contributed by atoms with E-state index < -0.39 is 0 Å². The standard InChI is InChI=1S/C21H17BrN4OS/c22-14-8-15-16(10-24-19(15)23-9-14)17-11-28-21(25-17)18(12-6-7-12)26-20(27)13-4-2-1-3-5-13/h1-5,8-12,18H,6-7H2,(H,23,24)(H,26,27). The molecule has 0 spiro atoms. The predicted octanol–water partition coefficient (Wildman–Crippen LogP) is 5.33. The first-order chi connectivity index (χ1) is 13.7. The van der Waals surface area contributed by atoms with Crippen molar-refractivity contribution in [3.8, 4) is 11.3 Å². The molecule has 28 heavy (non-hydrogen) atoms. The van der Waals surface area contributed by atoms with Gasteiger partial charge in [-0.1, -0.05) is 18.2 Å². The maximum atomic E-state index is 12.7. The molecule has 0 radical (unpaired) electrons. The van der Waals surface area contributed by atoms with Crippen molar-refractivity contribution in [3.05, 3.63) is 69.2 Å². The van der Waals surface area contributed by atoms with Crippen molar-refractivity contribution in [2.24, 2.45) is 5.92 Å². The van der Waals surface area contributed by atoms with E-state index in [4.69, 9.17) is 4.98 Å². The molecule has 1 saturated carbocycles. The molecule has 1 atom stereocenters. The van der Waals surface area contributed by atoms with Crippen LogP contribution in [0.15, 0.2) is 58.6 Å². The Labute approximate surface area is 174 Å². The molecule has 1 aromatic carbocycles. The fraction of sp³-hybridized carbons (Fsp3) is 0.190. The molecular formula is C21H17BrN4OS. The minimum atomic E-state index is -0.0468. The third kappa shape index (κ3) is 3.36. The van der Waals surface area contributed by atoms with Gasteiger partial charge in [0.05, 0.1) is 11.7 Å². The molecule has 4 aromatic rings. The highest BCUT2D eigenvalue weighted by atomic mass is 79.9. The number of pyridine rings is 1. The lowest BCUT2D eigenvalue weighted by molar-refractivity contribution is 0.0931. The van der Waals surface area contributed by atoms with E-state index in [0.29, 0.717) is 11.5 Å². The number of H-pyrrole nitrogens is 1. The number of aromatic amines is 1. The Morgan fingerprint density at radius 1 is 1.29 bits per heavy atom. The first-order valence-electron chi connectivity index (χ1n) is 9.13. The molecule has 2 N–H and O–H groups in total. The van der Waals surface area contributed by atoms with Gasteiger partial charge in [-0.25, -0.2) is 9.97 Å². The van der Waals surface area contributed by atoms with E-state index in [2.05, 4.69) is 36.6 Å². The number of rotatable bonds is 5. The Balaban J connectivity index is 1.45. The number of aromatic nitrogens is 3. The molecule has 1 amide bonds. The number of amides is 1. The van der Waals surface area contributed by atoms with Crippen molar-refractivity contribution >= 4 is 44.2 Å². The number of fused-ring (bicyclic) bond motifs is 1. The van der Waals surface area contributed by atoms with Gasteiger partial charge in [-0.3, -0.25) is 4.79 Å². The summed E-state index contributed by atoms with van der Waals surface area (Å²) in [4.78, 5) is 25.1. The van der Waals surface area contributed by atoms with E-state index in [1.54, 1.807) is 17.5 Å². The number of nitrogens with zero attached hydrogens (tertiary/aromatic N) is 2. The second-order valence-corrected chi connectivity index (χ2v) is 8.78. The zero-order valence-electron chi connectivity index (χ0n) is 14.9. The van der Waals surface area contributed by atoms with Crippen LogP contribution >= 0.6 is 27.3 Å². The third-order valence-electron chi connectivity index (χ3n) is 4.98. The minimum Gasteiger partial charge on any atom is -0.345 e. The smallest absolute Gasteiger partial charge is 0.251 e. The van der Waals surface area contributed by atoms with Crippen LogP contribution in [0.1, 0.15) is 34.2 Å². The van der Waals surface area contributed by atoms with E-state index in [1.165, 1.54) is 0 Å². The lowest BCUT2D eigenvalue weighted by Crippen LogP contribution is -2.29. The van der Waals surface area contributed by atoms with E-state index >= 15 is 0 Å². The molecule has 0 saturated heterocycles. The summed E-state index contributed by atoms with van der Waals surface area (Å²) < 4.78 is 0.933. The fourth-order valence-electron chi connectivity index (χ4n) is 3.37. The van der Waals surface area contributed by atoms with Gasteiger partial charge in [-0.2, -0.15) is 0 Å². The van der Waals surface area contributed by atoms with Crippen molar-refractivity contribution in [2.75, 3.05) is 0 Å². The minimum absolute atomic E-state index is 0.0403. The summed E-state index contributed by atoms with van der Waals surface area (Å²) in [7, 11) is 0. The SMILES string of the molecule is O=C(NC(c1nc(-c2c[nH]c3ncc(Br)cc23)cs1)C1CC1)c1ccccc1. The Hall–Kier alpha value is -2.51. The second kappa shape index (κ2) is 7.14. The summed E-state index contributed by atoms with van der Waals surface area (Å²) in [6.45, 7) is 0. The van der Waals surface area contributed by atoms with E-state index in [-0.39, 0.29) is 11.9 Å². The van der Waals surface area contributed by atoms with Crippen LogP contribution in [0.3, 0.4) is 0 Å². The number of nitrogens with one attached hydrogen (secondary N) is 2. The highest BCUT2D eigenvalue weighted by Crippen LogP contribution is 2.43. The highest BCUT2D eigenvalue weighted by molar-refractivity contribution is 9.10. The Morgan fingerprint density at radius 2 is 2.11 bits per heavy atom. The molecule has 1 fully saturated rings. The van der Waals surface area contributed by atoms with Crippen molar-refractivity contribution in [3.63, 3.8) is 0 Å². The Morgan fingerprint density at radius 3 is 2.89 bits per heavy atom. The first kappa shape index (κ1) is 17.6. The van der Waals surface area contributed by atoms with Gasteiger partial charge >= 0.3 is 0 Å². The molecule has 5 nitrogen and oxygen atoms in total. The summed E-state index contributed by atoms with van der Waals surface area (Å²) in [6.07, 6.45) is 5.96. The molecule has 5 rings (SSSR count). The second-order valence-electron chi connectivity index (χ2n) is 6.98. The van der Waals surface area contributed by atoms with Gasteiger partial charge < -0.3 is 10.3 Å². The molecule has 7 heteroatoms. The maximum absolute atomic E-state index is 12.7. The van der Waals surface area contributed by atoms with Crippen LogP contribution < -0.4 is 5.32 Å². The molecule has 0 bridgehead atoms. The number of hydrogen-bond donors (Lipinski definition) is 2. The molecule has 1 aliphatic rings. The van der Waals surface area contributed by atoms with Crippen molar-refractivity contribution in [1.82, 2.24) is 20.3 Å². The van der Waals surface area contributed by atoms with Crippen LogP contribution in [0.25, 0.3) is 22.3 Å². The highest BCUT2D eigenvalue weighted by Gasteiger charge is 2.35. The topological polar surface area (TPSA) is 70.7 Å². The van der Waals surface area contributed by atoms with Gasteiger partial charge in [-0.15, -0.1) is 11.3 Å². The number of hydrogen-bond acceptors (Lipinski definition) is 4. The van der Waals surface area contributed by atoms with Crippen molar-refractivity contribution in [2.45, 2.75) is 18.9 Å². The normalized spacial score (nSPS) is 14.9. The fourth-order valence-corrected chi connectivity index (χ4v) is 4.66. The molecular weight excluding hydrogens is 436 g/mol. The molecule has 3 aromatic heterocycles. The lowest BCUT2D eigenvalue weighted by Gasteiger charge is -2.16. The van der Waals surface area contributed by atoms with Crippen molar-refractivity contribution < 1.29 is 4.79 Å². The van der Waals surface area contributed by atoms with Crippen LogP contribution in [-0.4, -0.2) is 20.9 Å². The van der Waals surface area contributed by atoms with E-state index in [9.17, 15) is 4.79 Å².